The molecule has 0 fully saturated rings. The van der Waals surface area contributed by atoms with Gasteiger partial charge >= 0.3 is 0 Å². The smallest absolute Gasteiger partial charge is 0.160 e. The zero-order valence-electron chi connectivity index (χ0n) is 31.4. The summed E-state index contributed by atoms with van der Waals surface area (Å²) in [6.07, 6.45) is 3.67. The molecule has 3 nitrogen and oxygen atoms in total. The van der Waals surface area contributed by atoms with Crippen LogP contribution in [0.3, 0.4) is 0 Å². The van der Waals surface area contributed by atoms with Crippen LogP contribution in [0.5, 0.6) is 0 Å². The van der Waals surface area contributed by atoms with Crippen molar-refractivity contribution < 1.29 is 0 Å². The maximum atomic E-state index is 5.27. The van der Waals surface area contributed by atoms with Crippen molar-refractivity contribution in [1.29, 1.82) is 0 Å². The highest BCUT2D eigenvalue weighted by molar-refractivity contribution is 6.36. The molecule has 12 rings (SSSR count). The second-order valence-electron chi connectivity index (χ2n) is 15.1. The maximum absolute atomic E-state index is 5.27. The molecule has 0 aliphatic heterocycles. The molecule has 0 saturated carbocycles. The summed E-state index contributed by atoms with van der Waals surface area (Å²) in [6.45, 7) is 0. The summed E-state index contributed by atoms with van der Waals surface area (Å²) in [7, 11) is 0. The van der Waals surface area contributed by atoms with E-state index in [0.29, 0.717) is 5.82 Å². The van der Waals surface area contributed by atoms with E-state index in [4.69, 9.17) is 9.97 Å². The summed E-state index contributed by atoms with van der Waals surface area (Å²) >= 11 is 0. The first-order valence-electron chi connectivity index (χ1n) is 19.8. The average Bonchev–Trinajstić information content (AvgIpc) is 3.30. The normalized spacial score (nSPS) is 11.8. The van der Waals surface area contributed by atoms with Crippen molar-refractivity contribution >= 4 is 86.2 Å². The lowest BCUT2D eigenvalue weighted by molar-refractivity contribution is 1.18. The molecule has 58 heavy (non-hydrogen) atoms. The number of hydrogen-bond donors (Lipinski definition) is 0. The van der Waals surface area contributed by atoms with Gasteiger partial charge in [-0.3, -0.25) is 4.98 Å². The van der Waals surface area contributed by atoms with Gasteiger partial charge in [0, 0.05) is 29.1 Å². The van der Waals surface area contributed by atoms with Gasteiger partial charge in [0.05, 0.1) is 11.4 Å². The molecule has 2 heterocycles. The molecule has 0 N–H and O–H groups in total. The predicted molar refractivity (Wildman–Crippen MR) is 245 cm³/mol. The molecule has 0 unspecified atom stereocenters. The summed E-state index contributed by atoms with van der Waals surface area (Å²) in [5.41, 5.74) is 4.61. The van der Waals surface area contributed by atoms with Crippen molar-refractivity contribution in [2.24, 2.45) is 0 Å². The van der Waals surface area contributed by atoms with Crippen LogP contribution in [0.2, 0.25) is 0 Å². The molecule has 3 heteroatoms. The molecule has 12 aromatic rings. The molecular formula is C55H33N3. The van der Waals surface area contributed by atoms with E-state index in [1.807, 2.05) is 30.5 Å². The fourth-order valence-corrected chi connectivity index (χ4v) is 9.29. The Morgan fingerprint density at radius 1 is 0.276 bits per heavy atom. The van der Waals surface area contributed by atoms with Crippen LogP contribution >= 0.6 is 0 Å². The molecule has 0 aliphatic rings. The van der Waals surface area contributed by atoms with Gasteiger partial charge in [0.25, 0.3) is 0 Å². The quantitative estimate of drug-likeness (QED) is 0.170. The number of fused-ring (bicyclic) bond motifs is 11. The third-order valence-corrected chi connectivity index (χ3v) is 11.9. The van der Waals surface area contributed by atoms with E-state index in [1.54, 1.807) is 6.20 Å². The summed E-state index contributed by atoms with van der Waals surface area (Å²) in [5.74, 6) is 0.677. The lowest BCUT2D eigenvalue weighted by Gasteiger charge is -2.16. The van der Waals surface area contributed by atoms with Gasteiger partial charge < -0.3 is 0 Å². The van der Waals surface area contributed by atoms with Crippen LogP contribution in [0.15, 0.2) is 200 Å². The third-order valence-electron chi connectivity index (χ3n) is 11.9. The van der Waals surface area contributed by atoms with E-state index < -0.39 is 0 Å². The number of aromatic nitrogens is 3. The Hall–Kier alpha value is -7.75. The van der Waals surface area contributed by atoms with Crippen LogP contribution in [0, 0.1) is 0 Å². The maximum Gasteiger partial charge on any atom is 0.160 e. The highest BCUT2D eigenvalue weighted by Gasteiger charge is 2.17. The van der Waals surface area contributed by atoms with E-state index in [9.17, 15) is 0 Å². The summed E-state index contributed by atoms with van der Waals surface area (Å²) in [4.78, 5) is 14.8. The van der Waals surface area contributed by atoms with E-state index >= 15 is 0 Å². The molecule has 10 aromatic carbocycles. The van der Waals surface area contributed by atoms with Crippen LogP contribution in [-0.2, 0) is 0 Å². The first-order chi connectivity index (χ1) is 28.8. The van der Waals surface area contributed by atoms with E-state index in [0.717, 1.165) is 33.5 Å². The second-order valence-corrected chi connectivity index (χ2v) is 15.1. The summed E-state index contributed by atoms with van der Waals surface area (Å²) < 4.78 is 0. The Labute approximate surface area is 334 Å². The number of benzene rings is 9. The Morgan fingerprint density at radius 3 is 1.50 bits per heavy atom. The van der Waals surface area contributed by atoms with Crippen molar-refractivity contribution in [3.05, 3.63) is 200 Å². The van der Waals surface area contributed by atoms with Crippen LogP contribution in [0.25, 0.3) is 120 Å². The summed E-state index contributed by atoms with van der Waals surface area (Å²) in [6, 6.07) is 68.3. The third kappa shape index (κ3) is 5.04. The van der Waals surface area contributed by atoms with Gasteiger partial charge in [-0.1, -0.05) is 158 Å². The zero-order chi connectivity index (χ0) is 38.2. The Morgan fingerprint density at radius 2 is 0.828 bits per heavy atom. The van der Waals surface area contributed by atoms with Crippen molar-refractivity contribution in [1.82, 2.24) is 15.0 Å². The van der Waals surface area contributed by atoms with E-state index in [1.165, 1.54) is 80.8 Å². The van der Waals surface area contributed by atoms with Crippen molar-refractivity contribution in [3.63, 3.8) is 0 Å². The molecule has 0 radical (unpaired) electrons. The number of nitrogens with zero attached hydrogens (tertiary/aromatic N) is 3. The standard InChI is InChI=1S/C55H33N3/c1-2-12-36(13-3-1)55-57-50(32-51(58-55)39-16-11-29-56-33-39)37-26-27-45-43-20-7-5-18-41(43)40-17-4-6-19-42(40)44-21-8-9-22-46(44)54-47-28-25-35-15-10-14-34-23-24-38(53(47)52(34)35)31-49(54)48(45)30-37/h1-33H. The molecule has 0 spiro atoms. The summed E-state index contributed by atoms with van der Waals surface area (Å²) in [5, 5.41) is 19.6. The Bertz CT molecular complexity index is 3600. The second kappa shape index (κ2) is 12.9. The van der Waals surface area contributed by atoms with Gasteiger partial charge in [0.1, 0.15) is 0 Å². The largest absolute Gasteiger partial charge is 0.264 e. The SMILES string of the molecule is c1ccc(-c2nc(-c3cccnc3)cc(-c3ccc4c5ccccc5c5ccccc5c5ccccc5c5c(cc6ccc7cccc8ccc5c6c78)c4c3)n2)cc1. The first-order valence-corrected chi connectivity index (χ1v) is 19.8. The fourth-order valence-electron chi connectivity index (χ4n) is 9.29. The van der Waals surface area contributed by atoms with Crippen LogP contribution < -0.4 is 0 Å². The molecular weight excluding hydrogens is 703 g/mol. The van der Waals surface area contributed by atoms with Crippen molar-refractivity contribution in [3.8, 4) is 33.9 Å². The van der Waals surface area contributed by atoms with Crippen LogP contribution in [0.4, 0.5) is 0 Å². The first kappa shape index (κ1) is 32.5. The highest BCUT2D eigenvalue weighted by atomic mass is 14.9. The lowest BCUT2D eigenvalue weighted by Crippen LogP contribution is -1.96. The fraction of sp³-hybridized carbons (Fsp3) is 0. The highest BCUT2D eigenvalue weighted by Crippen LogP contribution is 2.44. The van der Waals surface area contributed by atoms with Gasteiger partial charge in [-0.05, 0) is 117 Å². The van der Waals surface area contributed by atoms with Gasteiger partial charge in [-0.25, -0.2) is 9.97 Å². The number of pyridine rings is 1. The van der Waals surface area contributed by atoms with Crippen LogP contribution in [0.1, 0.15) is 0 Å². The molecule has 268 valence electrons. The number of hydrogen-bond acceptors (Lipinski definition) is 3. The van der Waals surface area contributed by atoms with Gasteiger partial charge in [0.2, 0.25) is 0 Å². The minimum Gasteiger partial charge on any atom is -0.264 e. The average molecular weight is 736 g/mol. The van der Waals surface area contributed by atoms with Gasteiger partial charge in [-0.2, -0.15) is 0 Å². The number of rotatable bonds is 3. The van der Waals surface area contributed by atoms with Gasteiger partial charge in [-0.15, -0.1) is 0 Å². The van der Waals surface area contributed by atoms with Crippen LogP contribution in [-0.4, -0.2) is 15.0 Å². The Balaban J connectivity index is 1.32. The predicted octanol–water partition coefficient (Wildman–Crippen LogP) is 14.7. The molecule has 0 atom stereocenters. The monoisotopic (exact) mass is 735 g/mol. The molecule has 0 saturated heterocycles. The minimum absolute atomic E-state index is 0.677. The molecule has 0 amide bonds. The Kier molecular flexibility index (Phi) is 7.23. The minimum atomic E-state index is 0.677. The van der Waals surface area contributed by atoms with Crippen molar-refractivity contribution in [2.45, 2.75) is 0 Å². The van der Waals surface area contributed by atoms with Crippen molar-refractivity contribution in [2.75, 3.05) is 0 Å². The molecule has 0 aliphatic carbocycles. The van der Waals surface area contributed by atoms with E-state index in [-0.39, 0.29) is 0 Å². The lowest BCUT2D eigenvalue weighted by atomic mass is 9.87. The topological polar surface area (TPSA) is 38.7 Å². The zero-order valence-corrected chi connectivity index (χ0v) is 31.4. The van der Waals surface area contributed by atoms with E-state index in [2.05, 4.69) is 169 Å². The molecule has 0 bridgehead atoms. The van der Waals surface area contributed by atoms with Gasteiger partial charge in [0.15, 0.2) is 5.82 Å². The molecule has 2 aromatic heterocycles.